The van der Waals surface area contributed by atoms with Gasteiger partial charge in [-0.05, 0) is 24.3 Å². The third kappa shape index (κ3) is 2.50. The van der Waals surface area contributed by atoms with Gasteiger partial charge in [0.05, 0.1) is 6.61 Å². The predicted octanol–water partition coefficient (Wildman–Crippen LogP) is 2.26. The summed E-state index contributed by atoms with van der Waals surface area (Å²) in [6.07, 6.45) is 1.12. The fourth-order valence-corrected chi connectivity index (χ4v) is 2.87. The van der Waals surface area contributed by atoms with Crippen LogP contribution in [0.3, 0.4) is 0 Å². The second kappa shape index (κ2) is 5.55. The lowest BCUT2D eigenvalue weighted by Crippen LogP contribution is -2.26. The van der Waals surface area contributed by atoms with Gasteiger partial charge in [-0.15, -0.1) is 0 Å². The van der Waals surface area contributed by atoms with Gasteiger partial charge in [0.2, 0.25) is 0 Å². The molecule has 0 bridgehead atoms. The Balaban J connectivity index is 2.27. The van der Waals surface area contributed by atoms with Crippen LogP contribution < -0.4 is 4.90 Å². The average molecular weight is 241 g/mol. The minimum Gasteiger partial charge on any atom is -0.391 e. The van der Waals surface area contributed by atoms with Gasteiger partial charge in [-0.1, -0.05) is 6.07 Å². The van der Waals surface area contributed by atoms with Crippen molar-refractivity contribution in [1.82, 2.24) is 0 Å². The zero-order valence-electron chi connectivity index (χ0n) is 9.16. The van der Waals surface area contributed by atoms with E-state index in [0.29, 0.717) is 5.56 Å². The van der Waals surface area contributed by atoms with Gasteiger partial charge < -0.3 is 10.0 Å². The van der Waals surface area contributed by atoms with Crippen LogP contribution in [0.1, 0.15) is 12.0 Å². The molecule has 4 heteroatoms. The molecule has 0 atom stereocenters. The third-order valence-corrected chi connectivity index (χ3v) is 3.86. The van der Waals surface area contributed by atoms with E-state index in [2.05, 4.69) is 4.90 Å². The van der Waals surface area contributed by atoms with Crippen molar-refractivity contribution in [3.05, 3.63) is 29.6 Å². The van der Waals surface area contributed by atoms with E-state index in [1.54, 1.807) is 6.07 Å². The van der Waals surface area contributed by atoms with E-state index >= 15 is 0 Å². The van der Waals surface area contributed by atoms with Gasteiger partial charge in [-0.3, -0.25) is 0 Å². The molecule has 0 aromatic heterocycles. The van der Waals surface area contributed by atoms with Crippen molar-refractivity contribution in [2.75, 3.05) is 29.5 Å². The lowest BCUT2D eigenvalue weighted by molar-refractivity contribution is 0.276. The molecule has 0 unspecified atom stereocenters. The molecule has 88 valence electrons. The first-order chi connectivity index (χ1) is 7.83. The first-order valence-electron chi connectivity index (χ1n) is 5.54. The van der Waals surface area contributed by atoms with Crippen molar-refractivity contribution in [2.45, 2.75) is 13.0 Å². The molecule has 1 aromatic carbocycles. The summed E-state index contributed by atoms with van der Waals surface area (Å²) in [5.74, 6) is 1.93. The molecule has 1 aromatic rings. The third-order valence-electron chi connectivity index (χ3n) is 2.82. The molecule has 0 aliphatic carbocycles. The van der Waals surface area contributed by atoms with E-state index in [1.807, 2.05) is 17.8 Å². The van der Waals surface area contributed by atoms with Crippen LogP contribution in [-0.4, -0.2) is 29.7 Å². The number of benzene rings is 1. The average Bonchev–Trinajstić information content (AvgIpc) is 2.57. The van der Waals surface area contributed by atoms with E-state index < -0.39 is 0 Å². The number of halogens is 1. The van der Waals surface area contributed by atoms with Gasteiger partial charge in [-0.2, -0.15) is 11.8 Å². The van der Waals surface area contributed by atoms with Crippen molar-refractivity contribution in [3.63, 3.8) is 0 Å². The molecule has 0 saturated carbocycles. The zero-order valence-corrected chi connectivity index (χ0v) is 9.97. The topological polar surface area (TPSA) is 23.5 Å². The molecule has 2 rings (SSSR count). The molecule has 1 aliphatic rings. The summed E-state index contributed by atoms with van der Waals surface area (Å²) in [4.78, 5) is 2.18. The molecule has 0 spiro atoms. The molecular formula is C12H16FNOS. The highest BCUT2D eigenvalue weighted by molar-refractivity contribution is 7.99. The van der Waals surface area contributed by atoms with Crippen molar-refractivity contribution in [1.29, 1.82) is 0 Å². The Bertz CT molecular complexity index is 351. The van der Waals surface area contributed by atoms with Crippen LogP contribution in [0.5, 0.6) is 0 Å². The van der Waals surface area contributed by atoms with Gasteiger partial charge in [0, 0.05) is 30.1 Å². The van der Waals surface area contributed by atoms with Crippen LogP contribution in [0.2, 0.25) is 0 Å². The van der Waals surface area contributed by atoms with Gasteiger partial charge >= 0.3 is 0 Å². The summed E-state index contributed by atoms with van der Waals surface area (Å²) in [6.45, 7) is 1.65. The van der Waals surface area contributed by atoms with E-state index in [-0.39, 0.29) is 12.4 Å². The smallest absolute Gasteiger partial charge is 0.130 e. The summed E-state index contributed by atoms with van der Waals surface area (Å²) in [6, 6.07) is 5.01. The lowest BCUT2D eigenvalue weighted by atomic mass is 10.1. The number of thioether (sulfide) groups is 1. The number of aliphatic hydroxyl groups is 1. The van der Waals surface area contributed by atoms with Crippen molar-refractivity contribution in [3.8, 4) is 0 Å². The van der Waals surface area contributed by atoms with Crippen molar-refractivity contribution < 1.29 is 9.50 Å². The van der Waals surface area contributed by atoms with Gasteiger partial charge in [0.1, 0.15) is 5.82 Å². The molecule has 16 heavy (non-hydrogen) atoms. The number of hydrogen-bond donors (Lipinski definition) is 1. The first-order valence-corrected chi connectivity index (χ1v) is 6.69. The normalized spacial score (nSPS) is 17.2. The minimum atomic E-state index is -0.308. The Morgan fingerprint density at radius 3 is 3.00 bits per heavy atom. The molecule has 0 amide bonds. The standard InChI is InChI=1S/C12H16FNOS/c13-11-3-1-4-12(10(11)9-15)14-5-2-7-16-8-6-14/h1,3-4,15H,2,5-9H2. The summed E-state index contributed by atoms with van der Waals surface area (Å²) in [5.41, 5.74) is 1.28. The maximum Gasteiger partial charge on any atom is 0.130 e. The van der Waals surface area contributed by atoms with E-state index in [0.717, 1.165) is 31.0 Å². The molecule has 1 heterocycles. The van der Waals surface area contributed by atoms with Crippen LogP contribution in [0.4, 0.5) is 10.1 Å². The molecule has 0 radical (unpaired) electrons. The second-order valence-corrected chi connectivity index (χ2v) is 5.07. The van der Waals surface area contributed by atoms with Crippen LogP contribution in [0, 0.1) is 5.82 Å². The number of nitrogens with zero attached hydrogens (tertiary/aromatic N) is 1. The van der Waals surface area contributed by atoms with Crippen molar-refractivity contribution in [2.24, 2.45) is 0 Å². The Hall–Kier alpha value is -0.740. The minimum absolute atomic E-state index is 0.231. The molecule has 1 aliphatic heterocycles. The monoisotopic (exact) mass is 241 g/mol. The lowest BCUT2D eigenvalue weighted by Gasteiger charge is -2.24. The highest BCUT2D eigenvalue weighted by Crippen LogP contribution is 2.25. The van der Waals surface area contributed by atoms with Crippen LogP contribution in [-0.2, 0) is 6.61 Å². The van der Waals surface area contributed by atoms with Gasteiger partial charge in [0.25, 0.3) is 0 Å². The Morgan fingerprint density at radius 1 is 1.31 bits per heavy atom. The fourth-order valence-electron chi connectivity index (χ4n) is 1.99. The van der Waals surface area contributed by atoms with Crippen LogP contribution >= 0.6 is 11.8 Å². The van der Waals surface area contributed by atoms with Gasteiger partial charge in [0.15, 0.2) is 0 Å². The molecule has 1 saturated heterocycles. The Morgan fingerprint density at radius 2 is 2.19 bits per heavy atom. The largest absolute Gasteiger partial charge is 0.391 e. The SMILES string of the molecule is OCc1c(F)cccc1N1CCCSCC1. The molecule has 2 nitrogen and oxygen atoms in total. The van der Waals surface area contributed by atoms with Crippen LogP contribution in [0.25, 0.3) is 0 Å². The summed E-state index contributed by atoms with van der Waals surface area (Å²) in [5, 5.41) is 9.23. The van der Waals surface area contributed by atoms with Gasteiger partial charge in [-0.25, -0.2) is 4.39 Å². The number of rotatable bonds is 2. The highest BCUT2D eigenvalue weighted by Gasteiger charge is 2.15. The summed E-state index contributed by atoms with van der Waals surface area (Å²) in [7, 11) is 0. The molecule has 1 fully saturated rings. The Labute approximate surface area is 99.5 Å². The van der Waals surface area contributed by atoms with E-state index in [9.17, 15) is 9.50 Å². The summed E-state index contributed by atoms with van der Waals surface area (Å²) < 4.78 is 13.5. The predicted molar refractivity (Wildman–Crippen MR) is 66.5 cm³/mol. The van der Waals surface area contributed by atoms with Crippen molar-refractivity contribution >= 4 is 17.4 Å². The first kappa shape index (κ1) is 11.7. The highest BCUT2D eigenvalue weighted by atomic mass is 32.2. The van der Waals surface area contributed by atoms with Crippen LogP contribution in [0.15, 0.2) is 18.2 Å². The van der Waals surface area contributed by atoms with E-state index in [1.165, 1.54) is 11.8 Å². The summed E-state index contributed by atoms with van der Waals surface area (Å²) >= 11 is 1.93. The molecular weight excluding hydrogens is 225 g/mol. The fraction of sp³-hybridized carbons (Fsp3) is 0.500. The Kier molecular flexibility index (Phi) is 4.07. The quantitative estimate of drug-likeness (QED) is 0.859. The number of anilines is 1. The van der Waals surface area contributed by atoms with E-state index in [4.69, 9.17) is 0 Å². The zero-order chi connectivity index (χ0) is 11.4. The second-order valence-electron chi connectivity index (χ2n) is 3.85. The molecule has 1 N–H and O–H groups in total. The maximum absolute atomic E-state index is 13.5. The number of aliphatic hydroxyl groups excluding tert-OH is 1. The number of hydrogen-bond acceptors (Lipinski definition) is 3. The maximum atomic E-state index is 13.5.